The summed E-state index contributed by atoms with van der Waals surface area (Å²) in [5.74, 6) is 1.60. The molecule has 1 amide bonds. The van der Waals surface area contributed by atoms with Gasteiger partial charge in [-0.2, -0.15) is 0 Å². The summed E-state index contributed by atoms with van der Waals surface area (Å²) in [6.45, 7) is 4.78. The van der Waals surface area contributed by atoms with Gasteiger partial charge in [0.25, 0.3) is 5.91 Å². The average molecular weight is 262 g/mol. The number of carbonyl (C=O) groups excluding carboxylic acids is 1. The summed E-state index contributed by atoms with van der Waals surface area (Å²) in [5.41, 5.74) is 0.720. The molecule has 0 radical (unpaired) electrons. The molecular formula is C15H22N2O2. The van der Waals surface area contributed by atoms with E-state index in [1.165, 1.54) is 12.8 Å². The van der Waals surface area contributed by atoms with Gasteiger partial charge in [-0.1, -0.05) is 0 Å². The minimum atomic E-state index is 0.129. The Morgan fingerprint density at radius 3 is 2.74 bits per heavy atom. The Bertz CT molecular complexity index is 441. The minimum Gasteiger partial charge on any atom is -0.469 e. The standard InChI is InChI=1S/C15H22N2O2/c1-11-13(6-10-19-11)15(18)17-8-4-12(5-9-17)14-3-2-7-16-14/h6,10,12,14,16H,2-5,7-9H2,1H3. The maximum atomic E-state index is 12.4. The van der Waals surface area contributed by atoms with Crippen LogP contribution in [0.5, 0.6) is 0 Å². The number of carbonyl (C=O) groups is 1. The number of hydrogen-bond acceptors (Lipinski definition) is 3. The molecule has 4 nitrogen and oxygen atoms in total. The Labute approximate surface area is 114 Å². The highest BCUT2D eigenvalue weighted by Crippen LogP contribution is 2.26. The SMILES string of the molecule is Cc1occc1C(=O)N1CCC(C2CCCN2)CC1. The largest absolute Gasteiger partial charge is 0.469 e. The lowest BCUT2D eigenvalue weighted by Crippen LogP contribution is -2.43. The number of likely N-dealkylation sites (tertiary alicyclic amines) is 1. The van der Waals surface area contributed by atoms with Gasteiger partial charge in [-0.25, -0.2) is 0 Å². The number of piperidine rings is 1. The molecule has 0 bridgehead atoms. The summed E-state index contributed by atoms with van der Waals surface area (Å²) in [4.78, 5) is 14.3. The fraction of sp³-hybridized carbons (Fsp3) is 0.667. The fourth-order valence-electron chi connectivity index (χ4n) is 3.40. The molecule has 1 aromatic rings. The Morgan fingerprint density at radius 2 is 2.16 bits per heavy atom. The zero-order valence-electron chi connectivity index (χ0n) is 11.5. The molecule has 0 aromatic carbocycles. The van der Waals surface area contributed by atoms with Gasteiger partial charge in [-0.3, -0.25) is 4.79 Å². The van der Waals surface area contributed by atoms with Crippen molar-refractivity contribution >= 4 is 5.91 Å². The first kappa shape index (κ1) is 12.7. The zero-order chi connectivity index (χ0) is 13.2. The molecule has 4 heteroatoms. The van der Waals surface area contributed by atoms with Crippen molar-refractivity contribution in [3.8, 4) is 0 Å². The van der Waals surface area contributed by atoms with E-state index in [9.17, 15) is 4.79 Å². The molecule has 2 aliphatic rings. The molecule has 2 saturated heterocycles. The van der Waals surface area contributed by atoms with Crippen molar-refractivity contribution in [1.29, 1.82) is 0 Å². The average Bonchev–Trinajstić information content (AvgIpc) is 3.09. The first-order valence-electron chi connectivity index (χ1n) is 7.32. The third-order valence-corrected chi connectivity index (χ3v) is 4.58. The number of hydrogen-bond donors (Lipinski definition) is 1. The van der Waals surface area contributed by atoms with Crippen LogP contribution >= 0.6 is 0 Å². The van der Waals surface area contributed by atoms with E-state index in [4.69, 9.17) is 4.42 Å². The van der Waals surface area contributed by atoms with Gasteiger partial charge in [-0.05, 0) is 51.1 Å². The van der Waals surface area contributed by atoms with E-state index in [-0.39, 0.29) is 5.91 Å². The molecule has 104 valence electrons. The maximum Gasteiger partial charge on any atom is 0.257 e. The Kier molecular flexibility index (Phi) is 3.60. The van der Waals surface area contributed by atoms with Gasteiger partial charge < -0.3 is 14.6 Å². The van der Waals surface area contributed by atoms with Crippen LogP contribution in [-0.2, 0) is 0 Å². The van der Waals surface area contributed by atoms with Crippen LogP contribution in [-0.4, -0.2) is 36.5 Å². The van der Waals surface area contributed by atoms with Crippen LogP contribution in [0.4, 0.5) is 0 Å². The van der Waals surface area contributed by atoms with Crippen molar-refractivity contribution in [2.45, 2.75) is 38.6 Å². The maximum absolute atomic E-state index is 12.4. The van der Waals surface area contributed by atoms with E-state index >= 15 is 0 Å². The first-order chi connectivity index (χ1) is 9.25. The van der Waals surface area contributed by atoms with Crippen LogP contribution in [0.15, 0.2) is 16.7 Å². The molecular weight excluding hydrogens is 240 g/mol. The molecule has 19 heavy (non-hydrogen) atoms. The number of nitrogens with zero attached hydrogens (tertiary/aromatic N) is 1. The zero-order valence-corrected chi connectivity index (χ0v) is 11.5. The van der Waals surface area contributed by atoms with Crippen LogP contribution < -0.4 is 5.32 Å². The van der Waals surface area contributed by atoms with Crippen molar-refractivity contribution in [1.82, 2.24) is 10.2 Å². The van der Waals surface area contributed by atoms with Gasteiger partial charge in [0.05, 0.1) is 11.8 Å². The smallest absolute Gasteiger partial charge is 0.257 e. The fourth-order valence-corrected chi connectivity index (χ4v) is 3.40. The normalized spacial score (nSPS) is 24.9. The summed E-state index contributed by atoms with van der Waals surface area (Å²) in [5, 5.41) is 3.59. The van der Waals surface area contributed by atoms with E-state index in [0.717, 1.165) is 49.7 Å². The van der Waals surface area contributed by atoms with Crippen LogP contribution in [0.2, 0.25) is 0 Å². The van der Waals surface area contributed by atoms with Gasteiger partial charge in [0.2, 0.25) is 0 Å². The van der Waals surface area contributed by atoms with Crippen LogP contribution in [0.1, 0.15) is 41.8 Å². The number of nitrogens with one attached hydrogen (secondary N) is 1. The molecule has 1 N–H and O–H groups in total. The third-order valence-electron chi connectivity index (χ3n) is 4.58. The number of rotatable bonds is 2. The van der Waals surface area contributed by atoms with Crippen molar-refractivity contribution in [2.24, 2.45) is 5.92 Å². The minimum absolute atomic E-state index is 0.129. The van der Waals surface area contributed by atoms with Crippen LogP contribution in [0.25, 0.3) is 0 Å². The van der Waals surface area contributed by atoms with E-state index in [1.54, 1.807) is 12.3 Å². The molecule has 1 unspecified atom stereocenters. The van der Waals surface area contributed by atoms with E-state index < -0.39 is 0 Å². The predicted molar refractivity (Wildman–Crippen MR) is 73.1 cm³/mol. The lowest BCUT2D eigenvalue weighted by Gasteiger charge is -2.34. The third kappa shape index (κ3) is 2.54. The highest BCUT2D eigenvalue weighted by molar-refractivity contribution is 5.95. The van der Waals surface area contributed by atoms with Crippen LogP contribution in [0.3, 0.4) is 0 Å². The second-order valence-corrected chi connectivity index (χ2v) is 5.72. The van der Waals surface area contributed by atoms with Crippen LogP contribution in [0, 0.1) is 12.8 Å². The second-order valence-electron chi connectivity index (χ2n) is 5.72. The van der Waals surface area contributed by atoms with Crippen molar-refractivity contribution in [3.05, 3.63) is 23.7 Å². The molecule has 0 aliphatic carbocycles. The monoisotopic (exact) mass is 262 g/mol. The molecule has 2 fully saturated rings. The van der Waals surface area contributed by atoms with Gasteiger partial charge in [-0.15, -0.1) is 0 Å². The van der Waals surface area contributed by atoms with Gasteiger partial charge >= 0.3 is 0 Å². The van der Waals surface area contributed by atoms with Crippen molar-refractivity contribution in [3.63, 3.8) is 0 Å². The van der Waals surface area contributed by atoms with Gasteiger partial charge in [0, 0.05) is 19.1 Å². The van der Waals surface area contributed by atoms with Crippen molar-refractivity contribution < 1.29 is 9.21 Å². The molecule has 1 aromatic heterocycles. The summed E-state index contributed by atoms with van der Waals surface area (Å²) < 4.78 is 5.22. The Morgan fingerprint density at radius 1 is 1.37 bits per heavy atom. The lowest BCUT2D eigenvalue weighted by molar-refractivity contribution is 0.0672. The van der Waals surface area contributed by atoms with Gasteiger partial charge in [0.15, 0.2) is 0 Å². The molecule has 3 heterocycles. The van der Waals surface area contributed by atoms with E-state index in [1.807, 2.05) is 11.8 Å². The van der Waals surface area contributed by atoms with E-state index in [0.29, 0.717) is 6.04 Å². The quantitative estimate of drug-likeness (QED) is 0.888. The summed E-state index contributed by atoms with van der Waals surface area (Å²) in [6, 6.07) is 2.47. The molecule has 3 rings (SSSR count). The summed E-state index contributed by atoms with van der Waals surface area (Å²) >= 11 is 0. The van der Waals surface area contributed by atoms with E-state index in [2.05, 4.69) is 5.32 Å². The number of aryl methyl sites for hydroxylation is 1. The molecule has 0 saturated carbocycles. The van der Waals surface area contributed by atoms with Gasteiger partial charge in [0.1, 0.15) is 5.76 Å². The summed E-state index contributed by atoms with van der Waals surface area (Å²) in [7, 11) is 0. The van der Waals surface area contributed by atoms with Crippen molar-refractivity contribution in [2.75, 3.05) is 19.6 Å². The topological polar surface area (TPSA) is 45.5 Å². The predicted octanol–water partition coefficient (Wildman–Crippen LogP) is 2.19. The highest BCUT2D eigenvalue weighted by atomic mass is 16.3. The highest BCUT2D eigenvalue weighted by Gasteiger charge is 2.30. The molecule has 0 spiro atoms. The molecule has 2 aliphatic heterocycles. The Hall–Kier alpha value is -1.29. The number of amides is 1. The summed E-state index contributed by atoms with van der Waals surface area (Å²) in [6.07, 6.45) is 6.45. The first-order valence-corrected chi connectivity index (χ1v) is 7.32. The molecule has 1 atom stereocenters. The Balaban J connectivity index is 1.58. The lowest BCUT2D eigenvalue weighted by atomic mass is 9.88. The number of furan rings is 1. The second kappa shape index (κ2) is 5.37.